The summed E-state index contributed by atoms with van der Waals surface area (Å²) in [6.07, 6.45) is 12.4. The van der Waals surface area contributed by atoms with Crippen molar-refractivity contribution < 1.29 is 4.57 Å². The molecule has 0 atom stereocenters. The van der Waals surface area contributed by atoms with Gasteiger partial charge < -0.3 is 10.6 Å². The van der Waals surface area contributed by atoms with Gasteiger partial charge >= 0.3 is 0 Å². The predicted octanol–water partition coefficient (Wildman–Crippen LogP) is 2.73. The van der Waals surface area contributed by atoms with Crippen molar-refractivity contribution in [3.63, 3.8) is 0 Å². The number of anilines is 1. The molecule has 0 radical (unpaired) electrons. The number of rotatable bonds is 6. The second-order valence-corrected chi connectivity index (χ2v) is 5.36. The van der Waals surface area contributed by atoms with Crippen molar-refractivity contribution in [1.29, 1.82) is 0 Å². The Labute approximate surface area is 133 Å². The summed E-state index contributed by atoms with van der Waals surface area (Å²) in [7, 11) is 4.09. The van der Waals surface area contributed by atoms with Crippen LogP contribution in [0.1, 0.15) is 11.1 Å². The Kier molecular flexibility index (Phi) is 5.92. The highest BCUT2D eigenvalue weighted by Gasteiger charge is 1.96. The molecular weight excluding hydrogens is 270 g/mol. The fraction of sp³-hybridized carbons (Fsp3) is 0.211. The van der Waals surface area contributed by atoms with Crippen LogP contribution in [0, 0.1) is 0 Å². The summed E-state index contributed by atoms with van der Waals surface area (Å²) in [4.78, 5) is 2.10. The lowest BCUT2D eigenvalue weighted by molar-refractivity contribution is -0.694. The maximum atomic E-state index is 5.53. The Bertz CT molecular complexity index is 623. The zero-order chi connectivity index (χ0) is 15.8. The normalized spacial score (nSPS) is 11.4. The van der Waals surface area contributed by atoms with Gasteiger partial charge in [-0.3, -0.25) is 0 Å². The lowest BCUT2D eigenvalue weighted by Crippen LogP contribution is -2.36. The lowest BCUT2D eigenvalue weighted by atomic mass is 10.2. The fourth-order valence-corrected chi connectivity index (χ4v) is 2.10. The minimum Gasteiger partial charge on any atom is -0.378 e. The second kappa shape index (κ2) is 8.15. The van der Waals surface area contributed by atoms with Crippen LogP contribution in [0.4, 0.5) is 5.69 Å². The number of hydrogen-bond donors (Lipinski definition) is 1. The number of benzene rings is 1. The van der Waals surface area contributed by atoms with E-state index in [-0.39, 0.29) is 0 Å². The zero-order valence-corrected chi connectivity index (χ0v) is 13.3. The van der Waals surface area contributed by atoms with Crippen LogP contribution < -0.4 is 15.2 Å². The van der Waals surface area contributed by atoms with E-state index in [9.17, 15) is 0 Å². The first kappa shape index (κ1) is 16.0. The third-order valence-corrected chi connectivity index (χ3v) is 3.40. The van der Waals surface area contributed by atoms with Gasteiger partial charge in [-0.25, -0.2) is 4.57 Å². The molecular formula is C19H24N3+. The number of nitrogens with zero attached hydrogens (tertiary/aromatic N) is 2. The molecule has 0 aliphatic heterocycles. The molecule has 3 heteroatoms. The molecule has 0 aliphatic carbocycles. The Hall–Kier alpha value is -2.39. The van der Waals surface area contributed by atoms with Crippen molar-refractivity contribution in [3.8, 4) is 0 Å². The van der Waals surface area contributed by atoms with Crippen LogP contribution in [0.25, 0.3) is 12.2 Å². The molecule has 114 valence electrons. The average Bonchev–Trinajstić information content (AvgIpc) is 2.54. The monoisotopic (exact) mass is 294 g/mol. The summed E-state index contributed by atoms with van der Waals surface area (Å²) in [5.74, 6) is 0. The number of pyridine rings is 1. The number of allylic oxidation sites excluding steroid dienone is 2. The Morgan fingerprint density at radius 3 is 1.95 bits per heavy atom. The zero-order valence-electron chi connectivity index (χ0n) is 13.3. The molecule has 2 N–H and O–H groups in total. The van der Waals surface area contributed by atoms with E-state index in [1.807, 2.05) is 14.1 Å². The van der Waals surface area contributed by atoms with Crippen LogP contribution in [0.5, 0.6) is 0 Å². The fourth-order valence-electron chi connectivity index (χ4n) is 2.10. The minimum atomic E-state index is 0.662. The maximum Gasteiger partial charge on any atom is 0.169 e. The van der Waals surface area contributed by atoms with Crippen molar-refractivity contribution in [2.24, 2.45) is 5.73 Å². The molecule has 0 saturated heterocycles. The third-order valence-electron chi connectivity index (χ3n) is 3.40. The predicted molar refractivity (Wildman–Crippen MR) is 94.5 cm³/mol. The summed E-state index contributed by atoms with van der Waals surface area (Å²) in [6.45, 7) is 1.52. The van der Waals surface area contributed by atoms with Gasteiger partial charge in [-0.15, -0.1) is 0 Å². The lowest BCUT2D eigenvalue weighted by Gasteiger charge is -2.11. The SMILES string of the molecule is CN(C)c1ccc(/C=C/C=C/c2cc[n+](CCN)cc2)cc1. The molecule has 1 heterocycles. The highest BCUT2D eigenvalue weighted by molar-refractivity contribution is 5.59. The first-order chi connectivity index (χ1) is 10.7. The van der Waals surface area contributed by atoms with Crippen LogP contribution in [0.3, 0.4) is 0 Å². The van der Waals surface area contributed by atoms with Gasteiger partial charge in [0.05, 0.1) is 6.54 Å². The van der Waals surface area contributed by atoms with Crippen LogP contribution >= 0.6 is 0 Å². The highest BCUT2D eigenvalue weighted by atomic mass is 15.1. The van der Waals surface area contributed by atoms with E-state index in [1.165, 1.54) is 16.8 Å². The smallest absolute Gasteiger partial charge is 0.169 e. The molecule has 0 bridgehead atoms. The molecule has 0 aliphatic rings. The minimum absolute atomic E-state index is 0.662. The number of nitrogens with two attached hydrogens (primary N) is 1. The third kappa shape index (κ3) is 4.86. The second-order valence-electron chi connectivity index (χ2n) is 5.36. The molecule has 2 aromatic rings. The highest BCUT2D eigenvalue weighted by Crippen LogP contribution is 2.13. The summed E-state index contributed by atoms with van der Waals surface area (Å²) in [5, 5.41) is 0. The summed E-state index contributed by atoms with van der Waals surface area (Å²) >= 11 is 0. The van der Waals surface area contributed by atoms with Crippen LogP contribution in [-0.2, 0) is 6.54 Å². The van der Waals surface area contributed by atoms with Crippen LogP contribution in [0.15, 0.2) is 60.9 Å². The van der Waals surface area contributed by atoms with Gasteiger partial charge in [-0.1, -0.05) is 36.4 Å². The average molecular weight is 294 g/mol. The summed E-state index contributed by atoms with van der Waals surface area (Å²) in [6, 6.07) is 12.7. The van der Waals surface area contributed by atoms with Crippen molar-refractivity contribution >= 4 is 17.8 Å². The molecule has 1 aromatic carbocycles. The number of hydrogen-bond acceptors (Lipinski definition) is 2. The molecule has 0 saturated carbocycles. The van der Waals surface area contributed by atoms with Crippen molar-refractivity contribution in [1.82, 2.24) is 0 Å². The van der Waals surface area contributed by atoms with E-state index < -0.39 is 0 Å². The van der Waals surface area contributed by atoms with E-state index in [0.717, 1.165) is 6.54 Å². The van der Waals surface area contributed by atoms with E-state index in [4.69, 9.17) is 5.73 Å². The Morgan fingerprint density at radius 2 is 1.45 bits per heavy atom. The topological polar surface area (TPSA) is 33.1 Å². The van der Waals surface area contributed by atoms with E-state index >= 15 is 0 Å². The maximum absolute atomic E-state index is 5.53. The molecule has 0 fully saturated rings. The number of aromatic nitrogens is 1. The standard InChI is InChI=1S/C19H24N3/c1-21(2)19-9-7-17(8-10-19)5-3-4-6-18-11-14-22(15-12-18)16-13-20/h3-12,14-15H,13,16,20H2,1-2H3/q+1. The van der Waals surface area contributed by atoms with Crippen molar-refractivity contribution in [2.45, 2.75) is 6.54 Å². The summed E-state index contributed by atoms with van der Waals surface area (Å²) < 4.78 is 2.08. The van der Waals surface area contributed by atoms with Crippen molar-refractivity contribution in [2.75, 3.05) is 25.5 Å². The Balaban J connectivity index is 1.93. The molecule has 3 nitrogen and oxygen atoms in total. The van der Waals surface area contributed by atoms with E-state index in [0.29, 0.717) is 6.54 Å². The van der Waals surface area contributed by atoms with Crippen molar-refractivity contribution in [3.05, 3.63) is 72.1 Å². The van der Waals surface area contributed by atoms with Gasteiger partial charge in [0.15, 0.2) is 18.9 Å². The van der Waals surface area contributed by atoms with Crippen LogP contribution in [0.2, 0.25) is 0 Å². The van der Waals surface area contributed by atoms with Gasteiger partial charge in [-0.05, 0) is 23.3 Å². The quantitative estimate of drug-likeness (QED) is 0.656. The molecule has 1 aromatic heterocycles. The van der Waals surface area contributed by atoms with E-state index in [2.05, 4.69) is 82.6 Å². The van der Waals surface area contributed by atoms with Gasteiger partial charge in [-0.2, -0.15) is 0 Å². The molecule has 0 amide bonds. The Morgan fingerprint density at radius 1 is 0.909 bits per heavy atom. The summed E-state index contributed by atoms with van der Waals surface area (Å²) in [5.41, 5.74) is 9.12. The molecule has 22 heavy (non-hydrogen) atoms. The first-order valence-corrected chi connectivity index (χ1v) is 7.50. The molecule has 0 spiro atoms. The van der Waals surface area contributed by atoms with E-state index in [1.54, 1.807) is 0 Å². The van der Waals surface area contributed by atoms with Gasteiger partial charge in [0, 0.05) is 31.9 Å². The van der Waals surface area contributed by atoms with Gasteiger partial charge in [0.2, 0.25) is 0 Å². The molecule has 0 unspecified atom stereocenters. The van der Waals surface area contributed by atoms with Crippen LogP contribution in [-0.4, -0.2) is 20.6 Å². The largest absolute Gasteiger partial charge is 0.378 e. The van der Waals surface area contributed by atoms with Gasteiger partial charge in [0.1, 0.15) is 0 Å². The first-order valence-electron chi connectivity index (χ1n) is 7.50. The van der Waals surface area contributed by atoms with Gasteiger partial charge in [0.25, 0.3) is 0 Å². The molecule has 2 rings (SSSR count).